The molecule has 1 atom stereocenters. The van der Waals surface area contributed by atoms with Crippen molar-refractivity contribution in [3.05, 3.63) is 88.5 Å². The van der Waals surface area contributed by atoms with E-state index in [9.17, 15) is 10.1 Å². The quantitative estimate of drug-likeness (QED) is 0.296. The number of piperidine rings is 1. The van der Waals surface area contributed by atoms with Crippen LogP contribution in [0.5, 0.6) is 5.75 Å². The number of benzene rings is 2. The molecule has 0 radical (unpaired) electrons. The molecule has 39 heavy (non-hydrogen) atoms. The molecule has 1 aliphatic heterocycles. The van der Waals surface area contributed by atoms with Gasteiger partial charge in [-0.3, -0.25) is 9.36 Å². The maximum absolute atomic E-state index is 13.0. The highest BCUT2D eigenvalue weighted by Crippen LogP contribution is 2.32. The maximum Gasteiger partial charge on any atom is 0.253 e. The summed E-state index contributed by atoms with van der Waals surface area (Å²) >= 11 is 0. The van der Waals surface area contributed by atoms with E-state index in [0.717, 1.165) is 47.8 Å². The summed E-state index contributed by atoms with van der Waals surface area (Å²) in [7, 11) is 2.16. The third-order valence-corrected chi connectivity index (χ3v) is 7.65. The van der Waals surface area contributed by atoms with Crippen molar-refractivity contribution in [3.8, 4) is 23.2 Å². The van der Waals surface area contributed by atoms with Gasteiger partial charge in [-0.15, -0.1) is 0 Å². The van der Waals surface area contributed by atoms with Gasteiger partial charge in [-0.2, -0.15) is 5.26 Å². The molecule has 4 heterocycles. The number of ether oxygens (including phenoxy) is 1. The molecule has 0 bridgehead atoms. The molecule has 1 fully saturated rings. The highest BCUT2D eigenvalue weighted by Gasteiger charge is 2.19. The van der Waals surface area contributed by atoms with Crippen molar-refractivity contribution < 1.29 is 9.15 Å². The zero-order chi connectivity index (χ0) is 26.9. The minimum Gasteiger partial charge on any atom is -0.490 e. The first-order chi connectivity index (χ1) is 19.0. The molecule has 5 aromatic rings. The van der Waals surface area contributed by atoms with E-state index in [1.54, 1.807) is 47.3 Å². The molecule has 1 aliphatic rings. The Hall–Kier alpha value is -4.48. The lowest BCUT2D eigenvalue weighted by Crippen LogP contribution is -2.32. The molecule has 0 spiro atoms. The highest BCUT2D eigenvalue weighted by atomic mass is 16.5. The number of nitriles is 1. The second-order valence-electron chi connectivity index (χ2n) is 10.3. The fraction of sp³-hybridized carbons (Fsp3) is 0.290. The zero-order valence-corrected chi connectivity index (χ0v) is 22.0. The second-order valence-corrected chi connectivity index (χ2v) is 10.3. The largest absolute Gasteiger partial charge is 0.490 e. The van der Waals surface area contributed by atoms with Crippen molar-refractivity contribution in [2.45, 2.75) is 25.8 Å². The van der Waals surface area contributed by atoms with Gasteiger partial charge in [0.25, 0.3) is 5.56 Å². The number of rotatable bonds is 6. The summed E-state index contributed by atoms with van der Waals surface area (Å²) < 4.78 is 13.7. The van der Waals surface area contributed by atoms with Gasteiger partial charge < -0.3 is 14.1 Å². The van der Waals surface area contributed by atoms with Gasteiger partial charge in [0.2, 0.25) is 5.71 Å². The summed E-state index contributed by atoms with van der Waals surface area (Å²) in [6, 6.07) is 18.3. The van der Waals surface area contributed by atoms with Gasteiger partial charge in [-0.1, -0.05) is 18.2 Å². The predicted molar refractivity (Wildman–Crippen MR) is 150 cm³/mol. The molecule has 0 amide bonds. The highest BCUT2D eigenvalue weighted by molar-refractivity contribution is 6.04. The van der Waals surface area contributed by atoms with Crippen molar-refractivity contribution in [3.63, 3.8) is 0 Å². The lowest BCUT2D eigenvalue weighted by molar-refractivity contribution is 0.159. The van der Waals surface area contributed by atoms with Crippen LogP contribution in [0, 0.1) is 17.2 Å². The summed E-state index contributed by atoms with van der Waals surface area (Å²) in [6.07, 6.45) is 5.74. The number of hydrogen-bond acceptors (Lipinski definition) is 7. The molecule has 0 aliphatic carbocycles. The van der Waals surface area contributed by atoms with E-state index in [1.807, 2.05) is 31.2 Å². The van der Waals surface area contributed by atoms with Crippen molar-refractivity contribution in [1.29, 1.82) is 5.26 Å². The SMILES string of the molecule is CC(c1cccc(-c2ncc(OCC3CCN(C)CC3)cn2)c1)n1c(=O)ccc2c3cc(C#N)ccc3oc21. The first-order valence-electron chi connectivity index (χ1n) is 13.2. The number of hydrogen-bond donors (Lipinski definition) is 0. The molecular weight excluding hydrogens is 490 g/mol. The van der Waals surface area contributed by atoms with E-state index in [-0.39, 0.29) is 11.6 Å². The molecule has 0 saturated carbocycles. The Morgan fingerprint density at radius 2 is 1.87 bits per heavy atom. The van der Waals surface area contributed by atoms with E-state index in [4.69, 9.17) is 9.15 Å². The van der Waals surface area contributed by atoms with Crippen molar-refractivity contribution in [2.75, 3.05) is 26.7 Å². The van der Waals surface area contributed by atoms with E-state index in [0.29, 0.717) is 41.0 Å². The summed E-state index contributed by atoms with van der Waals surface area (Å²) in [5, 5.41) is 10.9. The van der Waals surface area contributed by atoms with Crippen LogP contribution in [0.15, 0.2) is 76.2 Å². The Morgan fingerprint density at radius 3 is 2.64 bits per heavy atom. The van der Waals surface area contributed by atoms with E-state index in [2.05, 4.69) is 28.0 Å². The smallest absolute Gasteiger partial charge is 0.253 e. The lowest BCUT2D eigenvalue weighted by atomic mass is 9.98. The minimum atomic E-state index is -0.311. The Morgan fingerprint density at radius 1 is 1.08 bits per heavy atom. The topological polar surface area (TPSA) is 97.2 Å². The fourth-order valence-electron chi connectivity index (χ4n) is 5.28. The molecule has 2 aromatic carbocycles. The van der Waals surface area contributed by atoms with Crippen molar-refractivity contribution in [2.24, 2.45) is 5.92 Å². The van der Waals surface area contributed by atoms with Crippen LogP contribution in [-0.4, -0.2) is 46.2 Å². The minimum absolute atomic E-state index is 0.165. The van der Waals surface area contributed by atoms with E-state index < -0.39 is 0 Å². The van der Waals surface area contributed by atoms with E-state index >= 15 is 0 Å². The number of furan rings is 1. The van der Waals surface area contributed by atoms with Gasteiger partial charge in [-0.05, 0) is 81.7 Å². The third-order valence-electron chi connectivity index (χ3n) is 7.65. The Bertz CT molecular complexity index is 1740. The zero-order valence-electron chi connectivity index (χ0n) is 22.0. The standard InChI is InChI=1S/C31H29N5O3/c1-20(36-29(37)9-7-26-27-14-22(16-32)6-8-28(27)39-31(26)36)23-4-3-5-24(15-23)30-33-17-25(18-34-30)38-19-21-10-12-35(2)13-11-21/h3-9,14-15,17-18,20-21H,10-13,19H2,1-2H3. The van der Waals surface area contributed by atoms with Gasteiger partial charge in [0.15, 0.2) is 11.6 Å². The predicted octanol–water partition coefficient (Wildman–Crippen LogP) is 5.41. The first-order valence-corrected chi connectivity index (χ1v) is 13.2. The van der Waals surface area contributed by atoms with Crippen molar-refractivity contribution >= 4 is 22.1 Å². The van der Waals surface area contributed by atoms with Gasteiger partial charge >= 0.3 is 0 Å². The Labute approximate surface area is 226 Å². The number of pyridine rings is 1. The van der Waals surface area contributed by atoms with Crippen LogP contribution in [0.25, 0.3) is 33.5 Å². The molecular formula is C31H29N5O3. The third kappa shape index (κ3) is 4.89. The van der Waals surface area contributed by atoms with Crippen LogP contribution < -0.4 is 10.3 Å². The summed E-state index contributed by atoms with van der Waals surface area (Å²) in [5.41, 5.74) is 3.27. The fourth-order valence-corrected chi connectivity index (χ4v) is 5.28. The Kier molecular flexibility index (Phi) is 6.59. The van der Waals surface area contributed by atoms with Crippen LogP contribution in [0.1, 0.15) is 36.9 Å². The number of fused-ring (bicyclic) bond motifs is 3. The van der Waals surface area contributed by atoms with E-state index in [1.165, 1.54) is 0 Å². The lowest BCUT2D eigenvalue weighted by Gasteiger charge is -2.28. The molecule has 3 aromatic heterocycles. The normalized spacial score (nSPS) is 15.4. The van der Waals surface area contributed by atoms with Gasteiger partial charge in [0.1, 0.15) is 5.58 Å². The molecule has 1 unspecified atom stereocenters. The van der Waals surface area contributed by atoms with Crippen LogP contribution in [0.3, 0.4) is 0 Å². The van der Waals surface area contributed by atoms with Gasteiger partial charge in [-0.25, -0.2) is 9.97 Å². The average Bonchev–Trinajstić information content (AvgIpc) is 3.34. The first kappa shape index (κ1) is 24.8. The number of aromatic nitrogens is 3. The van der Waals surface area contributed by atoms with Crippen LogP contribution in [-0.2, 0) is 0 Å². The molecule has 8 nitrogen and oxygen atoms in total. The maximum atomic E-state index is 13.0. The average molecular weight is 520 g/mol. The second kappa shape index (κ2) is 10.4. The van der Waals surface area contributed by atoms with Gasteiger partial charge in [0, 0.05) is 22.4 Å². The molecule has 6 rings (SSSR count). The molecule has 1 saturated heterocycles. The van der Waals surface area contributed by atoms with Crippen LogP contribution >= 0.6 is 0 Å². The summed E-state index contributed by atoms with van der Waals surface area (Å²) in [5.74, 6) is 1.82. The van der Waals surface area contributed by atoms with Crippen LogP contribution in [0.4, 0.5) is 0 Å². The van der Waals surface area contributed by atoms with Crippen molar-refractivity contribution in [1.82, 2.24) is 19.4 Å². The number of likely N-dealkylation sites (tertiary alicyclic amines) is 1. The molecule has 0 N–H and O–H groups in total. The number of nitrogens with zero attached hydrogens (tertiary/aromatic N) is 5. The monoisotopic (exact) mass is 519 g/mol. The summed E-state index contributed by atoms with van der Waals surface area (Å²) in [4.78, 5) is 24.5. The summed E-state index contributed by atoms with van der Waals surface area (Å²) in [6.45, 7) is 4.87. The van der Waals surface area contributed by atoms with Gasteiger partial charge in [0.05, 0.1) is 36.7 Å². The molecule has 8 heteroatoms. The Balaban J connectivity index is 1.25. The van der Waals surface area contributed by atoms with Crippen LogP contribution in [0.2, 0.25) is 0 Å². The molecule has 196 valence electrons.